The quantitative estimate of drug-likeness (QED) is 0.764. The number of rotatable bonds is 3. The molecule has 1 saturated carbocycles. The number of hydrogen-bond acceptors (Lipinski definition) is 3. The van der Waals surface area contributed by atoms with E-state index < -0.39 is 5.41 Å². The zero-order chi connectivity index (χ0) is 11.8. The fourth-order valence-corrected chi connectivity index (χ4v) is 2.15. The van der Waals surface area contributed by atoms with E-state index in [1.165, 1.54) is 0 Å². The molecule has 0 aromatic carbocycles. The molecule has 2 rings (SSSR count). The molecule has 0 atom stereocenters. The van der Waals surface area contributed by atoms with Crippen molar-refractivity contribution in [2.24, 2.45) is 18.2 Å². The van der Waals surface area contributed by atoms with Gasteiger partial charge in [0.1, 0.15) is 5.82 Å². The van der Waals surface area contributed by atoms with Crippen LogP contribution in [0.25, 0.3) is 0 Å². The number of nitrogens with two attached hydrogens (primary N) is 1. The monoisotopic (exact) mass is 238 g/mol. The third-order valence-corrected chi connectivity index (χ3v) is 3.57. The van der Waals surface area contributed by atoms with Gasteiger partial charge >= 0.3 is 0 Å². The fraction of sp³-hybridized carbons (Fsp3) is 0.500. The number of nitrogens with one attached hydrogen (secondary N) is 1. The zero-order valence-electron chi connectivity index (χ0n) is 9.06. The van der Waals surface area contributed by atoms with Gasteiger partial charge in [-0.25, -0.2) is 0 Å². The number of anilines is 1. The van der Waals surface area contributed by atoms with Gasteiger partial charge in [0.2, 0.25) is 5.91 Å². The molecule has 0 spiro atoms. The predicted octanol–water partition coefficient (Wildman–Crippen LogP) is 0.815. The standard InChI is InChI=1S/C10H14N4OS/c1-14-7(3-6-12-14)13-9(15)10(8(11)16)4-2-5-10/h3,6H,2,4-5H2,1H3,(H2,11,16)(H,13,15). The van der Waals surface area contributed by atoms with Crippen LogP contribution in [0.4, 0.5) is 5.82 Å². The highest BCUT2D eigenvalue weighted by Gasteiger charge is 2.47. The topological polar surface area (TPSA) is 72.9 Å². The molecule has 1 aliphatic rings. The van der Waals surface area contributed by atoms with E-state index in [1.54, 1.807) is 24.0 Å². The van der Waals surface area contributed by atoms with Crippen LogP contribution in [0.2, 0.25) is 0 Å². The highest BCUT2D eigenvalue weighted by Crippen LogP contribution is 2.42. The Balaban J connectivity index is 2.14. The van der Waals surface area contributed by atoms with Gasteiger partial charge in [-0.1, -0.05) is 18.6 Å². The van der Waals surface area contributed by atoms with Crippen molar-refractivity contribution in [3.05, 3.63) is 12.3 Å². The molecule has 3 N–H and O–H groups in total. The maximum absolute atomic E-state index is 12.1. The van der Waals surface area contributed by atoms with Crippen LogP contribution in [0.15, 0.2) is 12.3 Å². The Kier molecular flexibility index (Phi) is 2.67. The Labute approximate surface area is 99.0 Å². The summed E-state index contributed by atoms with van der Waals surface area (Å²) < 4.78 is 1.60. The molecule has 5 nitrogen and oxygen atoms in total. The first kappa shape index (κ1) is 11.1. The molecule has 0 saturated heterocycles. The van der Waals surface area contributed by atoms with Gasteiger partial charge in [-0.3, -0.25) is 9.48 Å². The third-order valence-electron chi connectivity index (χ3n) is 3.18. The van der Waals surface area contributed by atoms with Gasteiger partial charge in [0.25, 0.3) is 0 Å². The molecular weight excluding hydrogens is 224 g/mol. The van der Waals surface area contributed by atoms with Crippen LogP contribution in [0.3, 0.4) is 0 Å². The lowest BCUT2D eigenvalue weighted by molar-refractivity contribution is -0.125. The summed E-state index contributed by atoms with van der Waals surface area (Å²) in [5, 5.41) is 6.79. The zero-order valence-corrected chi connectivity index (χ0v) is 9.88. The lowest BCUT2D eigenvalue weighted by Crippen LogP contribution is -2.50. The van der Waals surface area contributed by atoms with Crippen molar-refractivity contribution in [1.29, 1.82) is 0 Å². The molecule has 1 amide bonds. The second kappa shape index (κ2) is 3.86. The minimum absolute atomic E-state index is 0.116. The van der Waals surface area contributed by atoms with Gasteiger partial charge in [0, 0.05) is 13.1 Å². The number of amides is 1. The molecule has 1 aromatic rings. The average molecular weight is 238 g/mol. The largest absolute Gasteiger partial charge is 0.392 e. The van der Waals surface area contributed by atoms with E-state index in [1.807, 2.05) is 0 Å². The molecule has 0 bridgehead atoms. The summed E-state index contributed by atoms with van der Waals surface area (Å²) in [5.74, 6) is 0.544. The summed E-state index contributed by atoms with van der Waals surface area (Å²) in [6.07, 6.45) is 4.11. The Hall–Kier alpha value is -1.43. The van der Waals surface area contributed by atoms with Gasteiger partial charge in [0.05, 0.1) is 16.6 Å². The van der Waals surface area contributed by atoms with Crippen LogP contribution in [-0.4, -0.2) is 20.7 Å². The van der Waals surface area contributed by atoms with Crippen molar-refractivity contribution in [1.82, 2.24) is 9.78 Å². The van der Waals surface area contributed by atoms with Gasteiger partial charge in [-0.2, -0.15) is 5.10 Å². The van der Waals surface area contributed by atoms with Crippen molar-refractivity contribution in [3.8, 4) is 0 Å². The normalized spacial score (nSPS) is 17.6. The van der Waals surface area contributed by atoms with Crippen molar-refractivity contribution >= 4 is 28.9 Å². The summed E-state index contributed by atoms with van der Waals surface area (Å²) in [6.45, 7) is 0. The fourth-order valence-electron chi connectivity index (χ4n) is 1.85. The number of aryl methyl sites for hydroxylation is 1. The molecule has 0 radical (unpaired) electrons. The highest BCUT2D eigenvalue weighted by atomic mass is 32.1. The lowest BCUT2D eigenvalue weighted by atomic mass is 9.68. The van der Waals surface area contributed by atoms with Gasteiger partial charge in [0.15, 0.2) is 0 Å². The van der Waals surface area contributed by atoms with Crippen LogP contribution >= 0.6 is 12.2 Å². The van der Waals surface area contributed by atoms with Gasteiger partial charge in [-0.05, 0) is 12.8 Å². The molecule has 16 heavy (non-hydrogen) atoms. The first-order valence-corrected chi connectivity index (χ1v) is 5.56. The SMILES string of the molecule is Cn1nccc1NC(=O)C1(C(N)=S)CCC1. The first-order chi connectivity index (χ1) is 7.56. The number of hydrogen-bond donors (Lipinski definition) is 2. The van der Waals surface area contributed by atoms with E-state index in [2.05, 4.69) is 10.4 Å². The van der Waals surface area contributed by atoms with Crippen molar-refractivity contribution in [2.75, 3.05) is 5.32 Å². The number of carbonyl (C=O) groups is 1. The van der Waals surface area contributed by atoms with Crippen LogP contribution in [0.1, 0.15) is 19.3 Å². The van der Waals surface area contributed by atoms with Crippen LogP contribution < -0.4 is 11.1 Å². The van der Waals surface area contributed by atoms with Crippen molar-refractivity contribution < 1.29 is 4.79 Å². The molecule has 1 aliphatic carbocycles. The average Bonchev–Trinajstić information content (AvgIpc) is 2.48. The summed E-state index contributed by atoms with van der Waals surface area (Å²) in [7, 11) is 1.77. The van der Waals surface area contributed by atoms with E-state index in [0.29, 0.717) is 10.8 Å². The van der Waals surface area contributed by atoms with E-state index >= 15 is 0 Å². The molecule has 6 heteroatoms. The Morgan fingerprint density at radius 1 is 1.69 bits per heavy atom. The minimum Gasteiger partial charge on any atom is -0.392 e. The first-order valence-electron chi connectivity index (χ1n) is 5.16. The number of thiocarbonyl (C=S) groups is 1. The maximum atomic E-state index is 12.1. The van der Waals surface area contributed by atoms with Gasteiger partial charge in [-0.15, -0.1) is 0 Å². The van der Waals surface area contributed by atoms with Crippen LogP contribution in [-0.2, 0) is 11.8 Å². The summed E-state index contributed by atoms with van der Waals surface area (Å²) in [4.78, 5) is 12.4. The Bertz CT molecular complexity index is 436. The minimum atomic E-state index is -0.639. The maximum Gasteiger partial charge on any atom is 0.238 e. The van der Waals surface area contributed by atoms with Crippen molar-refractivity contribution in [3.63, 3.8) is 0 Å². The summed E-state index contributed by atoms with van der Waals surface area (Å²) in [5.41, 5.74) is 5.01. The molecule has 86 valence electrons. The number of aromatic nitrogens is 2. The number of nitrogens with zero attached hydrogens (tertiary/aromatic N) is 2. The molecule has 1 heterocycles. The summed E-state index contributed by atoms with van der Waals surface area (Å²) >= 11 is 4.98. The third kappa shape index (κ3) is 1.59. The molecule has 1 fully saturated rings. The predicted molar refractivity (Wildman–Crippen MR) is 64.9 cm³/mol. The van der Waals surface area contributed by atoms with Crippen LogP contribution in [0, 0.1) is 5.41 Å². The van der Waals surface area contributed by atoms with E-state index in [-0.39, 0.29) is 5.91 Å². The Morgan fingerprint density at radius 2 is 2.38 bits per heavy atom. The second-order valence-electron chi connectivity index (χ2n) is 4.09. The summed E-state index contributed by atoms with van der Waals surface area (Å²) in [6, 6.07) is 1.74. The van der Waals surface area contributed by atoms with Gasteiger partial charge < -0.3 is 11.1 Å². The van der Waals surface area contributed by atoms with Crippen LogP contribution in [0.5, 0.6) is 0 Å². The Morgan fingerprint density at radius 3 is 2.75 bits per heavy atom. The lowest BCUT2D eigenvalue weighted by Gasteiger charge is -2.38. The second-order valence-corrected chi connectivity index (χ2v) is 4.53. The smallest absolute Gasteiger partial charge is 0.238 e. The van der Waals surface area contributed by atoms with E-state index in [4.69, 9.17) is 18.0 Å². The van der Waals surface area contributed by atoms with E-state index in [0.717, 1.165) is 19.3 Å². The molecular formula is C10H14N4OS. The molecule has 1 aromatic heterocycles. The number of carbonyl (C=O) groups excluding carboxylic acids is 1. The van der Waals surface area contributed by atoms with Crippen molar-refractivity contribution in [2.45, 2.75) is 19.3 Å². The molecule has 0 aliphatic heterocycles. The molecule has 0 unspecified atom stereocenters. The highest BCUT2D eigenvalue weighted by molar-refractivity contribution is 7.80. The van der Waals surface area contributed by atoms with E-state index in [9.17, 15) is 4.79 Å².